The second kappa shape index (κ2) is 5.06. The Balaban J connectivity index is 2.48. The van der Waals surface area contributed by atoms with Gasteiger partial charge in [0.05, 0.1) is 5.69 Å². The van der Waals surface area contributed by atoms with E-state index in [-0.39, 0.29) is 0 Å². The lowest BCUT2D eigenvalue weighted by atomic mass is 10.1. The third-order valence-corrected chi connectivity index (χ3v) is 2.65. The van der Waals surface area contributed by atoms with Gasteiger partial charge in [-0.25, -0.2) is 9.97 Å². The van der Waals surface area contributed by atoms with Crippen LogP contribution in [-0.4, -0.2) is 17.0 Å². The molecule has 0 amide bonds. The molecule has 2 rings (SSSR count). The molecule has 1 aromatic heterocycles. The minimum Gasteiger partial charge on any atom is -0.314 e. The average Bonchev–Trinajstić information content (AvgIpc) is 2.29. The van der Waals surface area contributed by atoms with Gasteiger partial charge < -0.3 is 5.32 Å². The lowest BCUT2D eigenvalue weighted by molar-refractivity contribution is 0.785. The highest BCUT2D eigenvalue weighted by atomic mass is 14.9. The van der Waals surface area contributed by atoms with Crippen LogP contribution in [0.15, 0.2) is 30.3 Å². The topological polar surface area (TPSA) is 37.8 Å². The minimum absolute atomic E-state index is 0.766. The highest BCUT2D eigenvalue weighted by Crippen LogP contribution is 2.19. The monoisotopic (exact) mass is 227 g/mol. The molecule has 1 heterocycles. The van der Waals surface area contributed by atoms with Gasteiger partial charge in [0.25, 0.3) is 0 Å². The molecule has 17 heavy (non-hydrogen) atoms. The van der Waals surface area contributed by atoms with E-state index in [0.29, 0.717) is 0 Å². The summed E-state index contributed by atoms with van der Waals surface area (Å²) in [6.07, 6.45) is 0. The van der Waals surface area contributed by atoms with Crippen LogP contribution in [-0.2, 0) is 6.54 Å². The minimum atomic E-state index is 0.766. The first kappa shape index (κ1) is 11.7. The molecular formula is C14H17N3. The summed E-state index contributed by atoms with van der Waals surface area (Å²) >= 11 is 0. The van der Waals surface area contributed by atoms with E-state index in [9.17, 15) is 0 Å². The number of aryl methyl sites for hydroxylation is 2. The maximum atomic E-state index is 4.58. The molecule has 2 aromatic rings. The summed E-state index contributed by atoms with van der Waals surface area (Å²) in [5.74, 6) is 0.813. The van der Waals surface area contributed by atoms with Crippen molar-refractivity contribution in [3.63, 3.8) is 0 Å². The van der Waals surface area contributed by atoms with Gasteiger partial charge in [-0.15, -0.1) is 0 Å². The van der Waals surface area contributed by atoms with Gasteiger partial charge >= 0.3 is 0 Å². The van der Waals surface area contributed by atoms with Crippen molar-refractivity contribution in [3.8, 4) is 11.4 Å². The van der Waals surface area contributed by atoms with Crippen molar-refractivity contribution in [2.24, 2.45) is 0 Å². The smallest absolute Gasteiger partial charge is 0.159 e. The number of rotatable bonds is 3. The molecule has 0 aliphatic rings. The zero-order chi connectivity index (χ0) is 12.3. The maximum absolute atomic E-state index is 4.58. The molecule has 1 N–H and O–H groups in total. The molecule has 0 bridgehead atoms. The summed E-state index contributed by atoms with van der Waals surface area (Å²) in [4.78, 5) is 9.09. The average molecular weight is 227 g/mol. The Morgan fingerprint density at radius 1 is 1.12 bits per heavy atom. The van der Waals surface area contributed by atoms with Crippen molar-refractivity contribution in [3.05, 3.63) is 47.3 Å². The first-order valence-corrected chi connectivity index (χ1v) is 5.76. The van der Waals surface area contributed by atoms with Crippen LogP contribution in [0.25, 0.3) is 11.4 Å². The highest BCUT2D eigenvalue weighted by Gasteiger charge is 2.06. The van der Waals surface area contributed by atoms with Gasteiger partial charge in [-0.2, -0.15) is 0 Å². The fourth-order valence-corrected chi connectivity index (χ4v) is 1.85. The van der Waals surface area contributed by atoms with Crippen LogP contribution in [0.4, 0.5) is 0 Å². The second-order valence-electron chi connectivity index (χ2n) is 4.17. The molecule has 0 spiro atoms. The van der Waals surface area contributed by atoms with E-state index in [1.165, 1.54) is 5.56 Å². The van der Waals surface area contributed by atoms with Crippen molar-refractivity contribution in [2.45, 2.75) is 20.4 Å². The standard InChI is InChI=1S/C14H17N3/c1-10-6-4-5-7-13(10)14-16-11(2)8-12(17-14)9-15-3/h4-8,15H,9H2,1-3H3. The quantitative estimate of drug-likeness (QED) is 0.875. The molecule has 0 aliphatic carbocycles. The van der Waals surface area contributed by atoms with Crippen LogP contribution in [0, 0.1) is 13.8 Å². The fourth-order valence-electron chi connectivity index (χ4n) is 1.85. The number of hydrogen-bond acceptors (Lipinski definition) is 3. The molecule has 3 heteroatoms. The first-order valence-electron chi connectivity index (χ1n) is 5.76. The molecule has 0 saturated heterocycles. The van der Waals surface area contributed by atoms with Crippen LogP contribution < -0.4 is 5.32 Å². The first-order chi connectivity index (χ1) is 8.20. The summed E-state index contributed by atoms with van der Waals surface area (Å²) < 4.78 is 0. The molecule has 0 atom stereocenters. The number of benzene rings is 1. The molecule has 88 valence electrons. The van der Waals surface area contributed by atoms with E-state index in [4.69, 9.17) is 0 Å². The number of hydrogen-bond donors (Lipinski definition) is 1. The predicted octanol–water partition coefficient (Wildman–Crippen LogP) is 2.48. The summed E-state index contributed by atoms with van der Waals surface area (Å²) in [7, 11) is 1.92. The maximum Gasteiger partial charge on any atom is 0.159 e. The van der Waals surface area contributed by atoms with E-state index >= 15 is 0 Å². The Bertz CT molecular complexity index is 521. The van der Waals surface area contributed by atoms with Gasteiger partial charge in [-0.3, -0.25) is 0 Å². The zero-order valence-corrected chi connectivity index (χ0v) is 10.5. The van der Waals surface area contributed by atoms with Crippen molar-refractivity contribution < 1.29 is 0 Å². The lowest BCUT2D eigenvalue weighted by Gasteiger charge is -2.07. The SMILES string of the molecule is CNCc1cc(C)nc(-c2ccccc2C)n1. The summed E-state index contributed by atoms with van der Waals surface area (Å²) in [6, 6.07) is 10.2. The third-order valence-electron chi connectivity index (χ3n) is 2.65. The Kier molecular flexibility index (Phi) is 3.49. The largest absolute Gasteiger partial charge is 0.314 e. The van der Waals surface area contributed by atoms with Gasteiger partial charge in [0.15, 0.2) is 5.82 Å². The van der Waals surface area contributed by atoms with Gasteiger partial charge in [-0.1, -0.05) is 24.3 Å². The van der Waals surface area contributed by atoms with E-state index < -0.39 is 0 Å². The van der Waals surface area contributed by atoms with Crippen molar-refractivity contribution in [2.75, 3.05) is 7.05 Å². The van der Waals surface area contributed by atoms with Crippen LogP contribution in [0.2, 0.25) is 0 Å². The number of nitrogens with one attached hydrogen (secondary N) is 1. The van der Waals surface area contributed by atoms with E-state index in [2.05, 4.69) is 34.3 Å². The molecule has 0 unspecified atom stereocenters. The Morgan fingerprint density at radius 3 is 2.59 bits per heavy atom. The number of nitrogens with zero attached hydrogens (tertiary/aromatic N) is 2. The Hall–Kier alpha value is -1.74. The fraction of sp³-hybridized carbons (Fsp3) is 0.286. The van der Waals surface area contributed by atoms with Crippen molar-refractivity contribution in [1.82, 2.24) is 15.3 Å². The molecule has 0 radical (unpaired) electrons. The van der Waals surface area contributed by atoms with Crippen LogP contribution >= 0.6 is 0 Å². The van der Waals surface area contributed by atoms with E-state index in [0.717, 1.165) is 29.3 Å². The molecular weight excluding hydrogens is 210 g/mol. The van der Waals surface area contributed by atoms with Gasteiger partial charge in [0.1, 0.15) is 0 Å². The number of aromatic nitrogens is 2. The Labute approximate surface area is 102 Å². The van der Waals surface area contributed by atoms with Crippen molar-refractivity contribution in [1.29, 1.82) is 0 Å². The van der Waals surface area contributed by atoms with Gasteiger partial charge in [-0.05, 0) is 32.5 Å². The molecule has 0 fully saturated rings. The van der Waals surface area contributed by atoms with E-state index in [1.807, 2.05) is 32.2 Å². The van der Waals surface area contributed by atoms with E-state index in [1.54, 1.807) is 0 Å². The highest BCUT2D eigenvalue weighted by molar-refractivity contribution is 5.59. The lowest BCUT2D eigenvalue weighted by Crippen LogP contribution is -2.08. The molecule has 0 aliphatic heterocycles. The third kappa shape index (κ3) is 2.68. The molecule has 1 aromatic carbocycles. The molecule has 3 nitrogen and oxygen atoms in total. The predicted molar refractivity (Wildman–Crippen MR) is 69.7 cm³/mol. The second-order valence-corrected chi connectivity index (χ2v) is 4.17. The van der Waals surface area contributed by atoms with Gasteiger partial charge in [0.2, 0.25) is 0 Å². The normalized spacial score (nSPS) is 10.5. The van der Waals surface area contributed by atoms with Crippen LogP contribution in [0.5, 0.6) is 0 Å². The Morgan fingerprint density at radius 2 is 1.88 bits per heavy atom. The summed E-state index contributed by atoms with van der Waals surface area (Å²) in [5.41, 5.74) is 4.34. The van der Waals surface area contributed by atoms with Crippen LogP contribution in [0.3, 0.4) is 0 Å². The van der Waals surface area contributed by atoms with Crippen LogP contribution in [0.1, 0.15) is 17.0 Å². The summed E-state index contributed by atoms with van der Waals surface area (Å²) in [6.45, 7) is 4.85. The molecule has 0 saturated carbocycles. The van der Waals surface area contributed by atoms with Gasteiger partial charge in [0, 0.05) is 17.8 Å². The van der Waals surface area contributed by atoms with Crippen molar-refractivity contribution >= 4 is 0 Å². The zero-order valence-electron chi connectivity index (χ0n) is 10.5. The summed E-state index contributed by atoms with van der Waals surface area (Å²) in [5, 5.41) is 3.11.